The fourth-order valence-electron chi connectivity index (χ4n) is 1.66. The van der Waals surface area contributed by atoms with Crippen LogP contribution in [0.5, 0.6) is 0 Å². The minimum absolute atomic E-state index is 0.0560. The summed E-state index contributed by atoms with van der Waals surface area (Å²) in [6.07, 6.45) is -0.374. The average molecular weight is 328 g/mol. The number of hydrogen-bond donors (Lipinski definition) is 3. The molecule has 1 rings (SSSR count). The lowest BCUT2D eigenvalue weighted by molar-refractivity contribution is -0.136. The first-order valence-corrected chi connectivity index (χ1v) is 7.97. The van der Waals surface area contributed by atoms with Crippen LogP contribution < -0.4 is 10.6 Å². The van der Waals surface area contributed by atoms with Crippen LogP contribution in [0, 0.1) is 0 Å². The number of carboxylic acids is 1. The summed E-state index contributed by atoms with van der Waals surface area (Å²) in [4.78, 5) is 24.1. The third-order valence-corrected chi connectivity index (χ3v) is 3.70. The Morgan fingerprint density at radius 1 is 1.32 bits per heavy atom. The van der Waals surface area contributed by atoms with Crippen LogP contribution in [0.4, 0.5) is 4.79 Å². The summed E-state index contributed by atoms with van der Waals surface area (Å²) >= 11 is 1.48. The van der Waals surface area contributed by atoms with E-state index in [2.05, 4.69) is 10.6 Å². The lowest BCUT2D eigenvalue weighted by atomic mass is 10.2. The number of carbonyl (C=O) groups excluding carboxylic acids is 1. The molecule has 22 heavy (non-hydrogen) atoms. The highest BCUT2D eigenvalue weighted by molar-refractivity contribution is 7.12. The van der Waals surface area contributed by atoms with E-state index in [1.165, 1.54) is 11.3 Å². The Morgan fingerprint density at radius 3 is 2.55 bits per heavy atom. The van der Waals surface area contributed by atoms with Crippen molar-refractivity contribution >= 4 is 23.4 Å². The summed E-state index contributed by atoms with van der Waals surface area (Å²) in [5, 5.41) is 14.7. The number of ether oxygens (including phenoxy) is 1. The van der Waals surface area contributed by atoms with Crippen molar-refractivity contribution in [3.63, 3.8) is 0 Å². The molecule has 7 heteroatoms. The molecule has 1 unspecified atom stereocenters. The lowest BCUT2D eigenvalue weighted by Gasteiger charge is -2.21. The summed E-state index contributed by atoms with van der Waals surface area (Å²) < 4.78 is 5.16. The van der Waals surface area contributed by atoms with Gasteiger partial charge in [-0.15, -0.1) is 11.3 Å². The van der Waals surface area contributed by atoms with E-state index in [0.717, 1.165) is 9.75 Å². The summed E-state index contributed by atoms with van der Waals surface area (Å²) in [7, 11) is 0. The number of carbonyl (C=O) groups is 2. The van der Waals surface area contributed by atoms with Gasteiger partial charge in [-0.05, 0) is 39.8 Å². The standard InChI is InChI=1S/C15H24N2O4S/c1-10(8-17-14(20)21-15(2,3)4)16-9-12-6-5-11(22-12)7-13(18)19/h5-6,10,16H,7-9H2,1-4H3,(H,17,20)(H,18,19). The first-order valence-electron chi connectivity index (χ1n) is 7.15. The number of amides is 1. The summed E-state index contributed by atoms with van der Waals surface area (Å²) in [5.74, 6) is -0.823. The molecule has 0 aliphatic heterocycles. The number of hydrogen-bond acceptors (Lipinski definition) is 5. The third-order valence-electron chi connectivity index (χ3n) is 2.62. The van der Waals surface area contributed by atoms with Crippen molar-refractivity contribution < 1.29 is 19.4 Å². The maximum Gasteiger partial charge on any atom is 0.407 e. The molecule has 0 bridgehead atoms. The van der Waals surface area contributed by atoms with Crippen molar-refractivity contribution in [2.45, 2.75) is 52.3 Å². The van der Waals surface area contributed by atoms with Crippen molar-refractivity contribution in [2.75, 3.05) is 6.54 Å². The van der Waals surface area contributed by atoms with Crippen molar-refractivity contribution in [1.82, 2.24) is 10.6 Å². The SMILES string of the molecule is CC(CNC(=O)OC(C)(C)C)NCc1ccc(CC(=O)O)s1. The van der Waals surface area contributed by atoms with Crippen molar-refractivity contribution in [3.8, 4) is 0 Å². The van der Waals surface area contributed by atoms with Crippen molar-refractivity contribution in [2.24, 2.45) is 0 Å². The highest BCUT2D eigenvalue weighted by Gasteiger charge is 2.16. The Bertz CT molecular complexity index is 508. The van der Waals surface area contributed by atoms with Crippen LogP contribution in [-0.4, -0.2) is 35.4 Å². The minimum atomic E-state index is -0.823. The number of rotatable bonds is 7. The molecule has 0 aliphatic carbocycles. The van der Waals surface area contributed by atoms with Crippen molar-refractivity contribution in [3.05, 3.63) is 21.9 Å². The zero-order valence-electron chi connectivity index (χ0n) is 13.4. The van der Waals surface area contributed by atoms with Gasteiger partial charge in [-0.3, -0.25) is 4.79 Å². The van der Waals surface area contributed by atoms with Crippen molar-refractivity contribution in [1.29, 1.82) is 0 Å². The number of thiophene rings is 1. The smallest absolute Gasteiger partial charge is 0.407 e. The molecular formula is C15H24N2O4S. The summed E-state index contributed by atoms with van der Waals surface area (Å²) in [5.41, 5.74) is -0.502. The molecule has 1 aromatic heterocycles. The molecule has 0 radical (unpaired) electrons. The zero-order chi connectivity index (χ0) is 16.8. The molecule has 3 N–H and O–H groups in total. The molecule has 0 aromatic carbocycles. The second-order valence-electron chi connectivity index (χ2n) is 6.10. The van der Waals surface area contributed by atoms with Crippen LogP contribution in [-0.2, 0) is 22.5 Å². The second kappa shape index (κ2) is 8.14. The van der Waals surface area contributed by atoms with Gasteiger partial charge in [-0.2, -0.15) is 0 Å². The van der Waals surface area contributed by atoms with Crippen LogP contribution in [0.15, 0.2) is 12.1 Å². The van der Waals surface area contributed by atoms with Crippen LogP contribution >= 0.6 is 11.3 Å². The lowest BCUT2D eigenvalue weighted by Crippen LogP contribution is -2.40. The predicted octanol–water partition coefficient (Wildman–Crippen LogP) is 2.38. The number of aliphatic carboxylic acids is 1. The predicted molar refractivity (Wildman–Crippen MR) is 86.2 cm³/mol. The average Bonchev–Trinajstić information content (AvgIpc) is 2.78. The van der Waals surface area contributed by atoms with Gasteiger partial charge >= 0.3 is 12.1 Å². The molecule has 0 saturated heterocycles. The molecule has 6 nitrogen and oxygen atoms in total. The second-order valence-corrected chi connectivity index (χ2v) is 7.36. The Morgan fingerprint density at radius 2 is 1.95 bits per heavy atom. The van der Waals surface area contributed by atoms with E-state index in [9.17, 15) is 9.59 Å². The Balaban J connectivity index is 2.28. The topological polar surface area (TPSA) is 87.7 Å². The zero-order valence-corrected chi connectivity index (χ0v) is 14.3. The highest BCUT2D eigenvalue weighted by Crippen LogP contribution is 2.17. The van der Waals surface area contributed by atoms with Gasteiger partial charge in [-0.1, -0.05) is 0 Å². The molecule has 0 fully saturated rings. The largest absolute Gasteiger partial charge is 0.481 e. The van der Waals surface area contributed by atoms with E-state index >= 15 is 0 Å². The van der Waals surface area contributed by atoms with Crippen LogP contribution in [0.25, 0.3) is 0 Å². The Hall–Kier alpha value is -1.60. The first-order chi connectivity index (χ1) is 10.2. The summed E-state index contributed by atoms with van der Waals surface area (Å²) in [6.45, 7) is 8.52. The van der Waals surface area contributed by atoms with Crippen LogP contribution in [0.3, 0.4) is 0 Å². The number of alkyl carbamates (subject to hydrolysis) is 1. The molecule has 1 heterocycles. The van der Waals surface area contributed by atoms with Crippen LogP contribution in [0.1, 0.15) is 37.4 Å². The first kappa shape index (κ1) is 18.4. The van der Waals surface area contributed by atoms with E-state index < -0.39 is 17.7 Å². The maximum atomic E-state index is 11.5. The van der Waals surface area contributed by atoms with E-state index in [1.54, 1.807) is 0 Å². The quantitative estimate of drug-likeness (QED) is 0.715. The van der Waals surface area contributed by atoms with Gasteiger partial charge in [0.2, 0.25) is 0 Å². The van der Waals surface area contributed by atoms with Gasteiger partial charge in [0.1, 0.15) is 5.60 Å². The number of carboxylic acid groups (broad SMARTS) is 1. The monoisotopic (exact) mass is 328 g/mol. The molecule has 0 saturated carbocycles. The third kappa shape index (κ3) is 7.99. The maximum absolute atomic E-state index is 11.5. The molecule has 1 aromatic rings. The van der Waals surface area contributed by atoms with E-state index in [0.29, 0.717) is 13.1 Å². The molecule has 0 spiro atoms. The van der Waals surface area contributed by atoms with E-state index in [-0.39, 0.29) is 12.5 Å². The van der Waals surface area contributed by atoms with Gasteiger partial charge in [0.25, 0.3) is 0 Å². The molecular weight excluding hydrogens is 304 g/mol. The Labute approximate surface area is 134 Å². The van der Waals surface area contributed by atoms with Gasteiger partial charge in [0.15, 0.2) is 0 Å². The highest BCUT2D eigenvalue weighted by atomic mass is 32.1. The minimum Gasteiger partial charge on any atom is -0.481 e. The molecule has 1 amide bonds. The number of nitrogens with one attached hydrogen (secondary N) is 2. The van der Waals surface area contributed by atoms with E-state index in [1.807, 2.05) is 39.8 Å². The van der Waals surface area contributed by atoms with Gasteiger partial charge < -0.3 is 20.5 Å². The van der Waals surface area contributed by atoms with E-state index in [4.69, 9.17) is 9.84 Å². The molecule has 1 atom stereocenters. The normalized spacial score (nSPS) is 12.7. The Kier molecular flexibility index (Phi) is 6.83. The van der Waals surface area contributed by atoms with Crippen LogP contribution in [0.2, 0.25) is 0 Å². The van der Waals surface area contributed by atoms with Gasteiger partial charge in [-0.25, -0.2) is 4.79 Å². The summed E-state index contributed by atoms with van der Waals surface area (Å²) in [6, 6.07) is 3.83. The fraction of sp³-hybridized carbons (Fsp3) is 0.600. The van der Waals surface area contributed by atoms with Gasteiger partial charge in [0.05, 0.1) is 6.42 Å². The van der Waals surface area contributed by atoms with Gasteiger partial charge in [0, 0.05) is 28.9 Å². The molecule has 0 aliphatic rings. The fourth-order valence-corrected chi connectivity index (χ4v) is 2.62. The molecule has 124 valence electrons.